The molecule has 0 unspecified atom stereocenters. The Kier molecular flexibility index (Phi) is 6.77. The van der Waals surface area contributed by atoms with Gasteiger partial charge in [0.05, 0.1) is 6.10 Å². The van der Waals surface area contributed by atoms with E-state index in [1.165, 1.54) is 11.3 Å². The molecule has 0 bridgehead atoms. The van der Waals surface area contributed by atoms with E-state index in [0.717, 1.165) is 51.3 Å². The van der Waals surface area contributed by atoms with Gasteiger partial charge in [0.25, 0.3) is 0 Å². The van der Waals surface area contributed by atoms with E-state index >= 15 is 0 Å². The van der Waals surface area contributed by atoms with Gasteiger partial charge in [0, 0.05) is 57.1 Å². The first kappa shape index (κ1) is 20.3. The van der Waals surface area contributed by atoms with Crippen molar-refractivity contribution in [2.75, 3.05) is 39.3 Å². The molecule has 29 heavy (non-hydrogen) atoms. The van der Waals surface area contributed by atoms with Gasteiger partial charge in [0.1, 0.15) is 18.5 Å². The first-order valence-corrected chi connectivity index (χ1v) is 10.6. The van der Waals surface area contributed by atoms with Crippen LogP contribution in [0.25, 0.3) is 0 Å². The van der Waals surface area contributed by atoms with Gasteiger partial charge in [-0.05, 0) is 42.7 Å². The molecule has 2 aromatic rings. The number of hydrogen-bond acceptors (Lipinski definition) is 6. The lowest BCUT2D eigenvalue weighted by Crippen LogP contribution is -2.44. The average Bonchev–Trinajstić information content (AvgIpc) is 2.71. The van der Waals surface area contributed by atoms with E-state index in [9.17, 15) is 10.2 Å². The van der Waals surface area contributed by atoms with Gasteiger partial charge in [-0.15, -0.1) is 0 Å². The molecule has 0 saturated carbocycles. The van der Waals surface area contributed by atoms with Crippen LogP contribution in [0, 0.1) is 0 Å². The molecule has 156 valence electrons. The largest absolute Gasteiger partial charge is 0.491 e. The van der Waals surface area contributed by atoms with Crippen LogP contribution in [0.1, 0.15) is 30.0 Å². The van der Waals surface area contributed by atoms with Gasteiger partial charge in [0.15, 0.2) is 0 Å². The van der Waals surface area contributed by atoms with Gasteiger partial charge in [0.2, 0.25) is 0 Å². The van der Waals surface area contributed by atoms with Crippen molar-refractivity contribution in [3.8, 4) is 5.75 Å². The third-order valence-electron chi connectivity index (χ3n) is 5.84. The molecule has 3 heterocycles. The molecule has 1 aromatic heterocycles. The molecule has 1 aromatic carbocycles. The van der Waals surface area contributed by atoms with Crippen LogP contribution in [-0.2, 0) is 6.54 Å². The van der Waals surface area contributed by atoms with Gasteiger partial charge in [-0.2, -0.15) is 0 Å². The van der Waals surface area contributed by atoms with Crippen molar-refractivity contribution in [2.45, 2.75) is 37.5 Å². The topological polar surface area (TPSA) is 69.1 Å². The van der Waals surface area contributed by atoms with E-state index in [1.807, 2.05) is 24.4 Å². The number of likely N-dealkylation sites (tertiary alicyclic amines) is 2. The van der Waals surface area contributed by atoms with Crippen molar-refractivity contribution in [1.82, 2.24) is 14.8 Å². The first-order chi connectivity index (χ1) is 14.2. The number of pyridine rings is 1. The summed E-state index contributed by atoms with van der Waals surface area (Å²) in [6.07, 6.45) is 2.72. The molecular formula is C23H31N3O3. The molecule has 0 radical (unpaired) electrons. The Morgan fingerprint density at radius 3 is 2.66 bits per heavy atom. The highest BCUT2D eigenvalue weighted by Gasteiger charge is 2.28. The summed E-state index contributed by atoms with van der Waals surface area (Å²) in [5.41, 5.74) is 2.40. The zero-order chi connectivity index (χ0) is 20.1. The summed E-state index contributed by atoms with van der Waals surface area (Å²) >= 11 is 0. The Hall–Kier alpha value is -1.99. The van der Waals surface area contributed by atoms with Gasteiger partial charge >= 0.3 is 0 Å². The normalized spacial score (nSPS) is 20.3. The van der Waals surface area contributed by atoms with Crippen LogP contribution >= 0.6 is 0 Å². The number of aliphatic hydroxyl groups is 2. The number of rotatable bonds is 8. The van der Waals surface area contributed by atoms with E-state index in [0.29, 0.717) is 12.5 Å². The highest BCUT2D eigenvalue weighted by Crippen LogP contribution is 2.27. The van der Waals surface area contributed by atoms with E-state index in [1.54, 1.807) is 0 Å². The minimum absolute atomic E-state index is 0.187. The molecule has 0 spiro atoms. The molecule has 2 aliphatic heterocycles. The fourth-order valence-electron chi connectivity index (χ4n) is 4.14. The summed E-state index contributed by atoms with van der Waals surface area (Å²) in [5.74, 6) is 1.33. The van der Waals surface area contributed by atoms with Crippen LogP contribution in [0.15, 0.2) is 48.7 Å². The van der Waals surface area contributed by atoms with Gasteiger partial charge < -0.3 is 19.8 Å². The fourth-order valence-corrected chi connectivity index (χ4v) is 4.14. The van der Waals surface area contributed by atoms with Crippen LogP contribution in [0.3, 0.4) is 0 Å². The summed E-state index contributed by atoms with van der Waals surface area (Å²) < 4.78 is 5.84. The maximum absolute atomic E-state index is 10.3. The smallest absolute Gasteiger partial charge is 0.119 e. The number of hydrogen-bond donors (Lipinski definition) is 2. The van der Waals surface area contributed by atoms with Crippen molar-refractivity contribution in [3.05, 3.63) is 59.9 Å². The minimum atomic E-state index is -0.525. The van der Waals surface area contributed by atoms with Crippen LogP contribution in [0.5, 0.6) is 5.75 Å². The van der Waals surface area contributed by atoms with E-state index < -0.39 is 6.10 Å². The van der Waals surface area contributed by atoms with Crippen molar-refractivity contribution >= 4 is 0 Å². The summed E-state index contributed by atoms with van der Waals surface area (Å²) in [5, 5.41) is 19.9. The van der Waals surface area contributed by atoms with Gasteiger partial charge in [-0.1, -0.05) is 18.2 Å². The van der Waals surface area contributed by atoms with Crippen LogP contribution < -0.4 is 4.74 Å². The highest BCUT2D eigenvalue weighted by molar-refractivity contribution is 5.29. The Morgan fingerprint density at radius 1 is 1.07 bits per heavy atom. The Balaban J connectivity index is 1.20. The van der Waals surface area contributed by atoms with Crippen LogP contribution in [0.4, 0.5) is 0 Å². The number of ether oxygens (including phenoxy) is 1. The second-order valence-corrected chi connectivity index (χ2v) is 8.29. The second-order valence-electron chi connectivity index (χ2n) is 8.29. The molecule has 4 rings (SSSR count). The Bertz CT molecular complexity index is 759. The molecule has 0 amide bonds. The van der Waals surface area contributed by atoms with Crippen LogP contribution in [0.2, 0.25) is 0 Å². The number of nitrogens with zero attached hydrogens (tertiary/aromatic N) is 3. The lowest BCUT2D eigenvalue weighted by atomic mass is 9.95. The first-order valence-electron chi connectivity index (χ1n) is 10.6. The highest BCUT2D eigenvalue weighted by atomic mass is 16.5. The van der Waals surface area contributed by atoms with Crippen LogP contribution in [-0.4, -0.2) is 76.5 Å². The number of aromatic nitrogens is 1. The number of aliphatic hydroxyl groups excluding tert-OH is 2. The molecule has 6 heteroatoms. The molecule has 2 saturated heterocycles. The maximum Gasteiger partial charge on any atom is 0.119 e. The van der Waals surface area contributed by atoms with E-state index in [4.69, 9.17) is 4.74 Å². The lowest BCUT2D eigenvalue weighted by Gasteiger charge is -2.39. The van der Waals surface area contributed by atoms with Crippen molar-refractivity contribution < 1.29 is 14.9 Å². The monoisotopic (exact) mass is 397 g/mol. The molecule has 2 aliphatic rings. The second kappa shape index (κ2) is 9.67. The zero-order valence-corrected chi connectivity index (χ0v) is 16.9. The van der Waals surface area contributed by atoms with E-state index in [-0.39, 0.29) is 12.7 Å². The Labute approximate surface area is 172 Å². The standard InChI is InChI=1S/C23H31N3O3/c27-20-7-10-25(11-8-20)16-21(28)17-29-22-5-3-4-18(12-22)13-26-14-19(15-26)23-6-1-2-9-24-23/h1-6,9,12,19-21,27-28H,7-8,10-11,13-17H2/t21-/m0/s1. The molecular weight excluding hydrogens is 366 g/mol. The van der Waals surface area contributed by atoms with Gasteiger partial charge in [-0.25, -0.2) is 0 Å². The summed E-state index contributed by atoms with van der Waals surface area (Å²) in [7, 11) is 0. The summed E-state index contributed by atoms with van der Waals surface area (Å²) in [6, 6.07) is 14.3. The van der Waals surface area contributed by atoms with Crippen molar-refractivity contribution in [3.63, 3.8) is 0 Å². The predicted molar refractivity (Wildman–Crippen MR) is 112 cm³/mol. The summed E-state index contributed by atoms with van der Waals surface area (Å²) in [6.45, 7) is 5.52. The van der Waals surface area contributed by atoms with E-state index in [2.05, 4.69) is 39.0 Å². The molecule has 2 fully saturated rings. The molecule has 2 N–H and O–H groups in total. The third-order valence-corrected chi connectivity index (χ3v) is 5.84. The fraction of sp³-hybridized carbons (Fsp3) is 0.522. The predicted octanol–water partition coefficient (Wildman–Crippen LogP) is 1.88. The molecule has 6 nitrogen and oxygen atoms in total. The zero-order valence-electron chi connectivity index (χ0n) is 16.9. The minimum Gasteiger partial charge on any atom is -0.491 e. The average molecular weight is 398 g/mol. The SMILES string of the molecule is OC1CCN(C[C@H](O)COc2cccc(CN3CC(c4ccccn4)C3)c2)CC1. The molecule has 0 aliphatic carbocycles. The van der Waals surface area contributed by atoms with Crippen molar-refractivity contribution in [2.24, 2.45) is 0 Å². The van der Waals surface area contributed by atoms with Gasteiger partial charge in [-0.3, -0.25) is 9.88 Å². The number of β-amino-alcohol motifs (C(OH)–C–C–N with tert-alkyl or cyclic N) is 1. The quantitative estimate of drug-likeness (QED) is 0.709. The van der Waals surface area contributed by atoms with Crippen molar-refractivity contribution in [1.29, 1.82) is 0 Å². The molecule has 1 atom stereocenters. The summed E-state index contributed by atoms with van der Waals surface area (Å²) in [4.78, 5) is 9.06. The number of benzene rings is 1. The Morgan fingerprint density at radius 2 is 1.90 bits per heavy atom. The lowest BCUT2D eigenvalue weighted by molar-refractivity contribution is 0.0337. The maximum atomic E-state index is 10.3. The third kappa shape index (κ3) is 5.76. The number of piperidine rings is 1.